The Bertz CT molecular complexity index is 1190. The third kappa shape index (κ3) is 3.31. The number of sulfonamides is 1. The summed E-state index contributed by atoms with van der Waals surface area (Å²) in [5.74, 6) is 0.914. The van der Waals surface area contributed by atoms with Crippen LogP contribution in [0.25, 0.3) is 0 Å². The van der Waals surface area contributed by atoms with Gasteiger partial charge in [-0.3, -0.25) is 9.52 Å². The van der Waals surface area contributed by atoms with Crippen LogP contribution in [0.4, 0.5) is 16.6 Å². The van der Waals surface area contributed by atoms with Crippen LogP contribution in [0.2, 0.25) is 0 Å². The third-order valence-electron chi connectivity index (χ3n) is 5.43. The van der Waals surface area contributed by atoms with Crippen molar-refractivity contribution in [2.75, 3.05) is 27.6 Å². The fourth-order valence-corrected chi connectivity index (χ4v) is 5.79. The normalized spacial score (nSPS) is 18.7. The number of carbonyl (C=O) groups excluding carboxylic acids is 1. The van der Waals surface area contributed by atoms with E-state index in [1.807, 2.05) is 6.07 Å². The highest BCUT2D eigenvalue weighted by molar-refractivity contribution is 7.93. The molecule has 0 bridgehead atoms. The largest absolute Gasteiger partial charge is 0.344 e. The maximum Gasteiger partial charge on any atom is 0.263 e. The number of carbonyl (C=O) groups is 1. The highest BCUT2D eigenvalue weighted by Crippen LogP contribution is 2.32. The van der Waals surface area contributed by atoms with Crippen molar-refractivity contribution in [2.45, 2.75) is 23.8 Å². The van der Waals surface area contributed by atoms with Crippen LogP contribution >= 0.6 is 11.3 Å². The summed E-state index contributed by atoms with van der Waals surface area (Å²) < 4.78 is 27.5. The first-order chi connectivity index (χ1) is 14.5. The lowest BCUT2D eigenvalue weighted by Gasteiger charge is -2.25. The lowest BCUT2D eigenvalue weighted by molar-refractivity contribution is -0.118. The summed E-state index contributed by atoms with van der Waals surface area (Å²) in [4.78, 5) is 25.5. The second-order valence-corrected chi connectivity index (χ2v) is 9.74. The highest BCUT2D eigenvalue weighted by Gasteiger charge is 2.39. The average Bonchev–Trinajstić information content (AvgIpc) is 3.48. The minimum absolute atomic E-state index is 0. The first-order valence-electron chi connectivity index (χ1n) is 9.57. The fourth-order valence-electron chi connectivity index (χ4n) is 4.00. The van der Waals surface area contributed by atoms with Crippen LogP contribution in [0.3, 0.4) is 0 Å². The van der Waals surface area contributed by atoms with Gasteiger partial charge in [-0.25, -0.2) is 18.4 Å². The Balaban J connectivity index is 0.00000231. The second kappa shape index (κ2) is 7.37. The Hall–Kier alpha value is -2.98. The van der Waals surface area contributed by atoms with Gasteiger partial charge in [-0.1, -0.05) is 6.07 Å². The number of benzene rings is 1. The quantitative estimate of drug-likeness (QED) is 0.652. The molecule has 0 unspecified atom stereocenters. The zero-order valence-corrected chi connectivity index (χ0v) is 17.6. The van der Waals surface area contributed by atoms with E-state index < -0.39 is 10.0 Å². The molecule has 0 aliphatic carbocycles. The fraction of sp³-hybridized carbons (Fsp3) is 0.250. The molecule has 30 heavy (non-hydrogen) atoms. The van der Waals surface area contributed by atoms with Crippen molar-refractivity contribution in [3.8, 4) is 0 Å². The predicted molar refractivity (Wildman–Crippen MR) is 118 cm³/mol. The smallest absolute Gasteiger partial charge is 0.263 e. The monoisotopic (exact) mass is 443 g/mol. The molecule has 1 amide bonds. The Morgan fingerprint density at radius 2 is 1.93 bits per heavy atom. The number of hydrogen-bond acceptors (Lipinski definition) is 7. The molecule has 2 aliphatic rings. The SMILES string of the molecule is O=C1[C@H](N2CCc3cccnc32)CCN1c1ccc(S(=O)(=O)Nc2nccs2)cc1.[HH]. The van der Waals surface area contributed by atoms with Gasteiger partial charge >= 0.3 is 0 Å². The van der Waals surface area contributed by atoms with Crippen molar-refractivity contribution in [1.82, 2.24) is 9.97 Å². The van der Waals surface area contributed by atoms with Gasteiger partial charge in [0.25, 0.3) is 10.0 Å². The molecule has 8 nitrogen and oxygen atoms in total. The molecule has 3 aromatic rings. The van der Waals surface area contributed by atoms with E-state index in [0.717, 1.165) is 18.8 Å². The summed E-state index contributed by atoms with van der Waals surface area (Å²) in [6.45, 7) is 1.38. The Morgan fingerprint density at radius 1 is 1.10 bits per heavy atom. The van der Waals surface area contributed by atoms with E-state index in [1.165, 1.54) is 35.2 Å². The number of rotatable bonds is 5. The molecule has 0 saturated carbocycles. The van der Waals surface area contributed by atoms with Gasteiger partial charge in [-0.05, 0) is 48.7 Å². The molecule has 156 valence electrons. The summed E-state index contributed by atoms with van der Waals surface area (Å²) in [6, 6.07) is 10.1. The Morgan fingerprint density at radius 3 is 2.70 bits per heavy atom. The van der Waals surface area contributed by atoms with Crippen LogP contribution in [-0.2, 0) is 21.2 Å². The first kappa shape index (κ1) is 19.0. The van der Waals surface area contributed by atoms with E-state index in [1.54, 1.807) is 28.6 Å². The van der Waals surface area contributed by atoms with Gasteiger partial charge < -0.3 is 9.80 Å². The molecule has 4 heterocycles. The number of thiazole rings is 1. The number of aromatic nitrogens is 2. The summed E-state index contributed by atoms with van der Waals surface area (Å²) in [6.07, 6.45) is 4.90. The van der Waals surface area contributed by atoms with Crippen molar-refractivity contribution >= 4 is 43.9 Å². The van der Waals surface area contributed by atoms with Gasteiger partial charge in [-0.15, -0.1) is 11.3 Å². The van der Waals surface area contributed by atoms with E-state index in [2.05, 4.69) is 25.7 Å². The van der Waals surface area contributed by atoms with Gasteiger partial charge in [-0.2, -0.15) is 0 Å². The number of fused-ring (bicyclic) bond motifs is 1. The minimum Gasteiger partial charge on any atom is -0.344 e. The Kier molecular flexibility index (Phi) is 4.67. The molecule has 10 heteroatoms. The molecule has 2 aliphatic heterocycles. The molecular weight excluding hydrogens is 422 g/mol. The first-order valence-corrected chi connectivity index (χ1v) is 11.9. The number of nitrogens with one attached hydrogen (secondary N) is 1. The molecule has 1 aromatic carbocycles. The molecule has 1 atom stereocenters. The van der Waals surface area contributed by atoms with Crippen LogP contribution in [0.15, 0.2) is 59.1 Å². The summed E-state index contributed by atoms with van der Waals surface area (Å²) in [7, 11) is -3.72. The van der Waals surface area contributed by atoms with E-state index in [0.29, 0.717) is 23.8 Å². The molecule has 5 rings (SSSR count). The van der Waals surface area contributed by atoms with Gasteiger partial charge in [0.15, 0.2) is 5.13 Å². The van der Waals surface area contributed by atoms with E-state index in [9.17, 15) is 13.2 Å². The van der Waals surface area contributed by atoms with Crippen LogP contribution < -0.4 is 14.5 Å². The second-order valence-electron chi connectivity index (χ2n) is 7.16. The number of pyridine rings is 1. The van der Waals surface area contributed by atoms with Crippen LogP contribution in [0.1, 0.15) is 13.4 Å². The molecular formula is C20H21N5O3S2. The molecule has 1 N–H and O–H groups in total. The maximum absolute atomic E-state index is 13.1. The molecule has 0 spiro atoms. The number of hydrogen-bond donors (Lipinski definition) is 1. The maximum atomic E-state index is 13.1. The lowest BCUT2D eigenvalue weighted by atomic mass is 10.2. The third-order valence-corrected chi connectivity index (χ3v) is 7.60. The van der Waals surface area contributed by atoms with Crippen LogP contribution in [-0.4, -0.2) is 43.4 Å². The van der Waals surface area contributed by atoms with Gasteiger partial charge in [0.2, 0.25) is 5.91 Å². The van der Waals surface area contributed by atoms with Crippen molar-refractivity contribution in [1.29, 1.82) is 0 Å². The van der Waals surface area contributed by atoms with Gasteiger partial charge in [0.1, 0.15) is 11.9 Å². The van der Waals surface area contributed by atoms with E-state index >= 15 is 0 Å². The van der Waals surface area contributed by atoms with Crippen LogP contribution in [0.5, 0.6) is 0 Å². The summed E-state index contributed by atoms with van der Waals surface area (Å²) in [5, 5.41) is 2.01. The summed E-state index contributed by atoms with van der Waals surface area (Å²) in [5.41, 5.74) is 1.86. The van der Waals surface area contributed by atoms with Gasteiger partial charge in [0.05, 0.1) is 4.90 Å². The van der Waals surface area contributed by atoms with Crippen molar-refractivity contribution in [3.05, 3.63) is 59.7 Å². The van der Waals surface area contributed by atoms with Crippen molar-refractivity contribution in [2.24, 2.45) is 0 Å². The zero-order valence-electron chi connectivity index (χ0n) is 15.9. The highest BCUT2D eigenvalue weighted by atomic mass is 32.2. The average molecular weight is 444 g/mol. The topological polar surface area (TPSA) is 95.5 Å². The Labute approximate surface area is 179 Å². The lowest BCUT2D eigenvalue weighted by Crippen LogP contribution is -2.41. The molecule has 0 radical (unpaired) electrons. The zero-order chi connectivity index (χ0) is 20.7. The molecule has 2 aromatic heterocycles. The van der Waals surface area contributed by atoms with E-state index in [-0.39, 0.29) is 18.3 Å². The molecule has 1 fully saturated rings. The molecule has 1 saturated heterocycles. The van der Waals surface area contributed by atoms with E-state index in [4.69, 9.17) is 0 Å². The summed E-state index contributed by atoms with van der Waals surface area (Å²) >= 11 is 1.21. The number of nitrogens with zero attached hydrogens (tertiary/aromatic N) is 4. The van der Waals surface area contributed by atoms with Crippen molar-refractivity contribution < 1.29 is 14.6 Å². The van der Waals surface area contributed by atoms with Crippen LogP contribution in [0, 0.1) is 0 Å². The predicted octanol–water partition coefficient (Wildman–Crippen LogP) is 2.75. The van der Waals surface area contributed by atoms with Gasteiger partial charge in [0, 0.05) is 38.0 Å². The number of amides is 1. The number of anilines is 3. The standard InChI is InChI=1S/C20H19N5O3S2.H2/c26-19-17(25-11-7-14-2-1-9-21-18(14)25)8-12-24(19)15-3-5-16(6-4-15)30(27,28)23-20-22-10-13-29-20;/h1-6,9-10,13,17H,7-8,11-12H2,(H,22,23);1H/t17-;/m1./s1. The van der Waals surface area contributed by atoms with Crippen molar-refractivity contribution in [3.63, 3.8) is 0 Å². The minimum atomic E-state index is -3.72.